The van der Waals surface area contributed by atoms with E-state index in [2.05, 4.69) is 20.0 Å². The highest BCUT2D eigenvalue weighted by molar-refractivity contribution is 5.72. The summed E-state index contributed by atoms with van der Waals surface area (Å²) < 4.78 is 3.38. The Morgan fingerprint density at radius 2 is 2.14 bits per heavy atom. The molecule has 0 spiro atoms. The summed E-state index contributed by atoms with van der Waals surface area (Å²) in [6.07, 6.45) is 2.48. The Morgan fingerprint density at radius 1 is 1.29 bits per heavy atom. The van der Waals surface area contributed by atoms with E-state index in [0.717, 1.165) is 25.2 Å². The average molecular weight is 382 g/mol. The summed E-state index contributed by atoms with van der Waals surface area (Å²) in [5, 5.41) is 14.6. The Bertz CT molecular complexity index is 1160. The van der Waals surface area contributed by atoms with Crippen LogP contribution in [0.4, 0.5) is 0 Å². The Labute approximate surface area is 160 Å². The van der Waals surface area contributed by atoms with Gasteiger partial charge in [-0.25, -0.2) is 4.98 Å². The van der Waals surface area contributed by atoms with Gasteiger partial charge in [0.25, 0.3) is 11.1 Å². The van der Waals surface area contributed by atoms with Crippen molar-refractivity contribution in [3.8, 4) is 0 Å². The normalized spacial score (nSPS) is 24.4. The van der Waals surface area contributed by atoms with Crippen molar-refractivity contribution in [2.75, 3.05) is 19.7 Å². The number of hydrogen-bond donors (Lipinski definition) is 2. The molecule has 0 saturated carbocycles. The van der Waals surface area contributed by atoms with E-state index in [0.29, 0.717) is 23.4 Å². The minimum atomic E-state index is -0.214. The van der Waals surface area contributed by atoms with Crippen LogP contribution in [-0.2, 0) is 13.6 Å². The number of hydrogen-bond acceptors (Lipinski definition) is 6. The van der Waals surface area contributed by atoms with Gasteiger partial charge >= 0.3 is 0 Å². The van der Waals surface area contributed by atoms with E-state index in [1.54, 1.807) is 28.4 Å². The van der Waals surface area contributed by atoms with Gasteiger partial charge in [0.15, 0.2) is 5.65 Å². The Kier molecular flexibility index (Phi) is 3.95. The van der Waals surface area contributed by atoms with Gasteiger partial charge in [-0.1, -0.05) is 6.07 Å². The average Bonchev–Trinajstić information content (AvgIpc) is 3.04. The molecular weight excluding hydrogens is 360 g/mol. The molecule has 3 atom stereocenters. The Hall–Kier alpha value is -2.78. The summed E-state index contributed by atoms with van der Waals surface area (Å²) in [5.41, 5.74) is 1.32. The second kappa shape index (κ2) is 6.39. The maximum Gasteiger partial charge on any atom is 0.262 e. The monoisotopic (exact) mass is 382 g/mol. The third kappa shape index (κ3) is 2.61. The van der Waals surface area contributed by atoms with Crippen molar-refractivity contribution in [1.82, 2.24) is 29.2 Å². The van der Waals surface area contributed by atoms with Crippen LogP contribution in [0.15, 0.2) is 34.0 Å². The first kappa shape index (κ1) is 17.3. The summed E-state index contributed by atoms with van der Waals surface area (Å²) in [6.45, 7) is 1.98. The third-order valence-electron chi connectivity index (χ3n) is 6.09. The molecule has 2 bridgehead atoms. The molecule has 5 rings (SSSR count). The number of aromatic nitrogens is 5. The van der Waals surface area contributed by atoms with E-state index < -0.39 is 0 Å². The minimum Gasteiger partial charge on any atom is -0.394 e. The van der Waals surface area contributed by atoms with Crippen molar-refractivity contribution in [3.63, 3.8) is 0 Å². The van der Waals surface area contributed by atoms with Crippen molar-refractivity contribution < 1.29 is 5.11 Å². The lowest BCUT2D eigenvalue weighted by molar-refractivity contribution is 0.0568. The van der Waals surface area contributed by atoms with Gasteiger partial charge in [0.05, 0.1) is 25.4 Å². The molecule has 0 amide bonds. The lowest BCUT2D eigenvalue weighted by Gasteiger charge is -2.46. The molecule has 0 aliphatic carbocycles. The molecule has 3 aromatic heterocycles. The highest BCUT2D eigenvalue weighted by Crippen LogP contribution is 2.40. The minimum absolute atomic E-state index is 0.0487. The molecule has 1 saturated heterocycles. The Balaban J connectivity index is 1.47. The zero-order chi connectivity index (χ0) is 19.4. The largest absolute Gasteiger partial charge is 0.394 e. The van der Waals surface area contributed by atoms with Crippen LogP contribution in [0.1, 0.15) is 29.9 Å². The molecule has 9 heteroatoms. The van der Waals surface area contributed by atoms with E-state index in [-0.39, 0.29) is 35.6 Å². The van der Waals surface area contributed by atoms with Gasteiger partial charge < -0.3 is 14.7 Å². The maximum atomic E-state index is 12.4. The van der Waals surface area contributed by atoms with Gasteiger partial charge in [-0.2, -0.15) is 5.10 Å². The maximum absolute atomic E-state index is 12.4. The van der Waals surface area contributed by atoms with E-state index in [1.165, 1.54) is 6.20 Å². The molecular formula is C19H22N6O3. The van der Waals surface area contributed by atoms with Crippen molar-refractivity contribution in [2.24, 2.45) is 13.0 Å². The standard InChI is InChI=1S/C19H22N6O3/c1-23-18-13(6-20-23)19(28)22-16(21-18)9-24-7-11-5-12(8-24)15(10-26)25-14(11)3-2-4-17(25)27/h2-4,6,11-12,15,26H,5,7-10H2,1H3,(H,21,22,28)/t11-,12+,15+/m1/s1. The first-order valence-electron chi connectivity index (χ1n) is 9.50. The molecule has 1 fully saturated rings. The summed E-state index contributed by atoms with van der Waals surface area (Å²) in [4.78, 5) is 34.4. The van der Waals surface area contributed by atoms with Crippen molar-refractivity contribution in [1.29, 1.82) is 0 Å². The molecule has 2 N–H and O–H groups in total. The van der Waals surface area contributed by atoms with E-state index in [4.69, 9.17) is 0 Å². The van der Waals surface area contributed by atoms with Crippen LogP contribution in [0.2, 0.25) is 0 Å². The van der Waals surface area contributed by atoms with Crippen molar-refractivity contribution in [3.05, 3.63) is 56.6 Å². The zero-order valence-corrected chi connectivity index (χ0v) is 15.6. The van der Waals surface area contributed by atoms with Crippen LogP contribution < -0.4 is 11.1 Å². The second-order valence-corrected chi connectivity index (χ2v) is 7.81. The topological polar surface area (TPSA) is 109 Å². The summed E-state index contributed by atoms with van der Waals surface area (Å²) in [7, 11) is 1.77. The summed E-state index contributed by atoms with van der Waals surface area (Å²) >= 11 is 0. The molecule has 2 aliphatic heterocycles. The molecule has 0 aromatic carbocycles. The predicted molar refractivity (Wildman–Crippen MR) is 102 cm³/mol. The lowest BCUT2D eigenvalue weighted by Crippen LogP contribution is -2.50. The van der Waals surface area contributed by atoms with Gasteiger partial charge in [-0.15, -0.1) is 0 Å². The van der Waals surface area contributed by atoms with Crippen LogP contribution >= 0.6 is 0 Å². The van der Waals surface area contributed by atoms with Gasteiger partial charge in [0, 0.05) is 37.8 Å². The fraction of sp³-hybridized carbons (Fsp3) is 0.474. The second-order valence-electron chi connectivity index (χ2n) is 7.81. The van der Waals surface area contributed by atoms with Crippen LogP contribution in [0.25, 0.3) is 11.0 Å². The van der Waals surface area contributed by atoms with Gasteiger partial charge in [0.1, 0.15) is 11.2 Å². The number of pyridine rings is 1. The number of rotatable bonds is 3. The Morgan fingerprint density at radius 3 is 2.96 bits per heavy atom. The van der Waals surface area contributed by atoms with Crippen LogP contribution in [0.5, 0.6) is 0 Å². The molecule has 2 aliphatic rings. The number of H-pyrrole nitrogens is 1. The van der Waals surface area contributed by atoms with Crippen LogP contribution in [0.3, 0.4) is 0 Å². The summed E-state index contributed by atoms with van der Waals surface area (Å²) in [5.74, 6) is 1.01. The smallest absolute Gasteiger partial charge is 0.262 e. The third-order valence-corrected chi connectivity index (χ3v) is 6.09. The SMILES string of the molecule is Cn1ncc2c(=O)[nH]c(CN3C[C@H]4C[C@@H](C3)[C@H](CO)n3c4cccc3=O)nc21. The van der Waals surface area contributed by atoms with Crippen molar-refractivity contribution in [2.45, 2.75) is 24.9 Å². The number of aryl methyl sites for hydroxylation is 1. The van der Waals surface area contributed by atoms with Crippen molar-refractivity contribution >= 4 is 11.0 Å². The first-order chi connectivity index (χ1) is 13.5. The zero-order valence-electron chi connectivity index (χ0n) is 15.6. The lowest BCUT2D eigenvalue weighted by atomic mass is 9.78. The number of nitrogens with zero attached hydrogens (tertiary/aromatic N) is 5. The predicted octanol–water partition coefficient (Wildman–Crippen LogP) is -0.0290. The molecule has 146 valence electrons. The number of aliphatic hydroxyl groups is 1. The highest BCUT2D eigenvalue weighted by atomic mass is 16.3. The van der Waals surface area contributed by atoms with E-state index >= 15 is 0 Å². The number of nitrogens with one attached hydrogen (secondary N) is 1. The first-order valence-corrected chi connectivity index (χ1v) is 9.50. The number of aromatic amines is 1. The number of piperidine rings is 1. The van der Waals surface area contributed by atoms with Gasteiger partial charge in [-0.3, -0.25) is 19.2 Å². The van der Waals surface area contributed by atoms with Gasteiger partial charge in [0.2, 0.25) is 0 Å². The molecule has 0 unspecified atom stereocenters. The fourth-order valence-electron chi connectivity index (χ4n) is 4.87. The van der Waals surface area contributed by atoms with Crippen LogP contribution in [0, 0.1) is 5.92 Å². The van der Waals surface area contributed by atoms with E-state index in [9.17, 15) is 14.7 Å². The molecule has 3 aromatic rings. The highest BCUT2D eigenvalue weighted by Gasteiger charge is 2.40. The molecule has 0 radical (unpaired) electrons. The molecule has 9 nitrogen and oxygen atoms in total. The summed E-state index contributed by atoms with van der Waals surface area (Å²) in [6, 6.07) is 5.12. The van der Waals surface area contributed by atoms with Crippen LogP contribution in [-0.4, -0.2) is 54.0 Å². The fourth-order valence-corrected chi connectivity index (χ4v) is 4.87. The molecule has 5 heterocycles. The number of fused-ring (bicyclic) bond motifs is 5. The van der Waals surface area contributed by atoms with E-state index in [1.807, 2.05) is 6.07 Å². The van der Waals surface area contributed by atoms with Gasteiger partial charge in [-0.05, 0) is 18.4 Å². The molecule has 28 heavy (non-hydrogen) atoms. The number of aliphatic hydroxyl groups excluding tert-OH is 1. The quantitative estimate of drug-likeness (QED) is 0.659. The number of likely N-dealkylation sites (tertiary alicyclic amines) is 1.